The van der Waals surface area contributed by atoms with Gasteiger partial charge in [0, 0.05) is 35.7 Å². The van der Waals surface area contributed by atoms with Crippen LogP contribution in [0.25, 0.3) is 0 Å². The predicted octanol–water partition coefficient (Wildman–Crippen LogP) is 3.05. The first-order valence-corrected chi connectivity index (χ1v) is 7.33. The van der Waals surface area contributed by atoms with E-state index in [4.69, 9.17) is 0 Å². The number of pyridine rings is 1. The molecule has 2 aromatic heterocycles. The molecule has 2 heterocycles. The van der Waals surface area contributed by atoms with Crippen molar-refractivity contribution in [1.29, 1.82) is 0 Å². The van der Waals surface area contributed by atoms with Crippen molar-refractivity contribution < 1.29 is 4.79 Å². The number of hydrogen-bond acceptors (Lipinski definition) is 3. The highest BCUT2D eigenvalue weighted by Gasteiger charge is 2.16. The van der Waals surface area contributed by atoms with Crippen LogP contribution in [0.4, 0.5) is 0 Å². The summed E-state index contributed by atoms with van der Waals surface area (Å²) >= 11 is 0. The van der Waals surface area contributed by atoms with Crippen LogP contribution in [0, 0.1) is 13.8 Å². The molecule has 1 N–H and O–H groups in total. The van der Waals surface area contributed by atoms with Crippen molar-refractivity contribution in [3.05, 3.63) is 53.1 Å². The van der Waals surface area contributed by atoms with E-state index in [0.717, 1.165) is 22.6 Å². The Hall–Kier alpha value is -1.94. The molecule has 0 atom stereocenters. The van der Waals surface area contributed by atoms with Crippen LogP contribution < -0.4 is 5.32 Å². The van der Waals surface area contributed by atoms with Crippen molar-refractivity contribution >= 4 is 5.78 Å². The maximum atomic E-state index is 12.3. The average molecular weight is 285 g/mol. The van der Waals surface area contributed by atoms with Gasteiger partial charge in [-0.15, -0.1) is 0 Å². The first-order valence-electron chi connectivity index (χ1n) is 7.33. The lowest BCUT2D eigenvalue weighted by Gasteiger charge is -2.13. The van der Waals surface area contributed by atoms with Gasteiger partial charge in [0.05, 0.1) is 12.2 Å². The van der Waals surface area contributed by atoms with Crippen LogP contribution >= 0.6 is 0 Å². The minimum absolute atomic E-state index is 0.130. The number of aromatic nitrogens is 2. The Kier molecular flexibility index (Phi) is 4.91. The number of rotatable bonds is 6. The third-order valence-corrected chi connectivity index (χ3v) is 3.62. The maximum absolute atomic E-state index is 12.3. The first-order chi connectivity index (χ1) is 10.0. The summed E-state index contributed by atoms with van der Waals surface area (Å²) in [6.07, 6.45) is 1.76. The second kappa shape index (κ2) is 6.68. The van der Waals surface area contributed by atoms with Crippen LogP contribution in [0.2, 0.25) is 0 Å². The van der Waals surface area contributed by atoms with E-state index >= 15 is 0 Å². The van der Waals surface area contributed by atoms with Gasteiger partial charge in [0.2, 0.25) is 0 Å². The van der Waals surface area contributed by atoms with E-state index in [0.29, 0.717) is 19.1 Å². The van der Waals surface area contributed by atoms with Gasteiger partial charge >= 0.3 is 0 Å². The van der Waals surface area contributed by atoms with Crippen molar-refractivity contribution in [2.45, 2.75) is 40.3 Å². The molecular formula is C17H23N3O. The van der Waals surface area contributed by atoms with Crippen molar-refractivity contribution in [2.75, 3.05) is 6.54 Å². The fourth-order valence-corrected chi connectivity index (χ4v) is 2.76. The molecule has 0 spiro atoms. The zero-order valence-electron chi connectivity index (χ0n) is 13.2. The van der Waals surface area contributed by atoms with E-state index in [1.54, 1.807) is 6.20 Å². The Morgan fingerprint density at radius 3 is 2.67 bits per heavy atom. The summed E-state index contributed by atoms with van der Waals surface area (Å²) in [7, 11) is 0. The monoisotopic (exact) mass is 285 g/mol. The Labute approximate surface area is 126 Å². The number of carbonyl (C=O) groups excluding carboxylic acids is 1. The van der Waals surface area contributed by atoms with Crippen LogP contribution in [0.3, 0.4) is 0 Å². The van der Waals surface area contributed by atoms with Crippen LogP contribution in [-0.4, -0.2) is 21.9 Å². The van der Waals surface area contributed by atoms with Crippen LogP contribution in [0.15, 0.2) is 30.5 Å². The number of Topliss-reactive ketones (excluding diaryl/α,β-unsaturated/α-hetero) is 1. The zero-order chi connectivity index (χ0) is 15.4. The molecule has 112 valence electrons. The zero-order valence-corrected chi connectivity index (χ0v) is 13.2. The average Bonchev–Trinajstić information content (AvgIpc) is 2.75. The second-order valence-electron chi connectivity index (χ2n) is 5.60. The van der Waals surface area contributed by atoms with E-state index in [1.807, 2.05) is 38.1 Å². The molecule has 4 nitrogen and oxygen atoms in total. The fraction of sp³-hybridized carbons (Fsp3) is 0.412. The highest BCUT2D eigenvalue weighted by Crippen LogP contribution is 2.20. The molecule has 21 heavy (non-hydrogen) atoms. The predicted molar refractivity (Wildman–Crippen MR) is 84.6 cm³/mol. The molecule has 2 rings (SSSR count). The minimum Gasteiger partial charge on any atom is -0.346 e. The molecule has 0 unspecified atom stereocenters. The third kappa shape index (κ3) is 3.58. The van der Waals surface area contributed by atoms with Crippen LogP contribution in [0.5, 0.6) is 0 Å². The molecule has 4 heteroatoms. The van der Waals surface area contributed by atoms with Gasteiger partial charge in [0.1, 0.15) is 0 Å². The molecule has 0 saturated heterocycles. The summed E-state index contributed by atoms with van der Waals surface area (Å²) < 4.78 is 2.20. The Balaban J connectivity index is 1.99. The molecule has 0 aliphatic rings. The van der Waals surface area contributed by atoms with Gasteiger partial charge in [0.15, 0.2) is 5.78 Å². The molecule has 0 aliphatic carbocycles. The SMILES string of the molecule is Cc1cc(C(=O)CNCc2ccccn2)c(C)n1C(C)C. The molecule has 0 radical (unpaired) electrons. The van der Waals surface area contributed by atoms with E-state index in [-0.39, 0.29) is 5.78 Å². The van der Waals surface area contributed by atoms with Gasteiger partial charge in [-0.2, -0.15) is 0 Å². The van der Waals surface area contributed by atoms with E-state index < -0.39 is 0 Å². The van der Waals surface area contributed by atoms with Gasteiger partial charge in [-0.3, -0.25) is 9.78 Å². The number of carbonyl (C=O) groups is 1. The van der Waals surface area contributed by atoms with Crippen molar-refractivity contribution in [2.24, 2.45) is 0 Å². The van der Waals surface area contributed by atoms with Gasteiger partial charge in [-0.1, -0.05) is 6.07 Å². The Morgan fingerprint density at radius 1 is 1.33 bits per heavy atom. The lowest BCUT2D eigenvalue weighted by molar-refractivity contribution is 0.0990. The first kappa shape index (κ1) is 15.4. The lowest BCUT2D eigenvalue weighted by atomic mass is 10.1. The number of nitrogens with one attached hydrogen (secondary N) is 1. The summed E-state index contributed by atoms with van der Waals surface area (Å²) in [6, 6.07) is 8.13. The summed E-state index contributed by atoms with van der Waals surface area (Å²) in [4.78, 5) is 16.6. The van der Waals surface area contributed by atoms with E-state index in [2.05, 4.69) is 28.7 Å². The maximum Gasteiger partial charge on any atom is 0.178 e. The number of hydrogen-bond donors (Lipinski definition) is 1. The molecule has 0 aromatic carbocycles. The molecule has 0 bridgehead atoms. The van der Waals surface area contributed by atoms with Crippen LogP contribution in [0.1, 0.15) is 47.3 Å². The van der Waals surface area contributed by atoms with Gasteiger partial charge in [-0.25, -0.2) is 0 Å². The quantitative estimate of drug-likeness (QED) is 0.830. The van der Waals surface area contributed by atoms with Crippen molar-refractivity contribution in [3.63, 3.8) is 0 Å². The smallest absolute Gasteiger partial charge is 0.178 e. The molecule has 0 fully saturated rings. The molecule has 0 amide bonds. The topological polar surface area (TPSA) is 46.9 Å². The Morgan fingerprint density at radius 2 is 2.10 bits per heavy atom. The fourth-order valence-electron chi connectivity index (χ4n) is 2.76. The van der Waals surface area contributed by atoms with Gasteiger partial charge in [-0.05, 0) is 45.9 Å². The lowest BCUT2D eigenvalue weighted by Crippen LogP contribution is -2.23. The van der Waals surface area contributed by atoms with Crippen molar-refractivity contribution in [1.82, 2.24) is 14.9 Å². The number of aryl methyl sites for hydroxylation is 1. The summed E-state index contributed by atoms with van der Waals surface area (Å²) in [6.45, 7) is 9.26. The third-order valence-electron chi connectivity index (χ3n) is 3.62. The number of nitrogens with zero attached hydrogens (tertiary/aromatic N) is 2. The standard InChI is InChI=1S/C17H23N3O/c1-12(2)20-13(3)9-16(14(20)4)17(21)11-18-10-15-7-5-6-8-19-15/h5-9,12,18H,10-11H2,1-4H3. The largest absolute Gasteiger partial charge is 0.346 e. The van der Waals surface area contributed by atoms with E-state index in [1.165, 1.54) is 0 Å². The normalized spacial score (nSPS) is 11.1. The summed E-state index contributed by atoms with van der Waals surface area (Å²) in [5.41, 5.74) is 3.94. The van der Waals surface area contributed by atoms with Gasteiger partial charge < -0.3 is 9.88 Å². The summed E-state index contributed by atoms with van der Waals surface area (Å²) in [5.74, 6) is 0.130. The molecule has 0 saturated carbocycles. The highest BCUT2D eigenvalue weighted by molar-refractivity contribution is 5.99. The summed E-state index contributed by atoms with van der Waals surface area (Å²) in [5, 5.41) is 3.16. The molecule has 2 aromatic rings. The Bertz CT molecular complexity index is 614. The van der Waals surface area contributed by atoms with E-state index in [9.17, 15) is 4.79 Å². The van der Waals surface area contributed by atoms with Crippen LogP contribution in [-0.2, 0) is 6.54 Å². The molecule has 0 aliphatic heterocycles. The van der Waals surface area contributed by atoms with Crippen molar-refractivity contribution in [3.8, 4) is 0 Å². The number of ketones is 1. The molecular weight excluding hydrogens is 262 g/mol. The second-order valence-corrected chi connectivity index (χ2v) is 5.60. The highest BCUT2D eigenvalue weighted by atomic mass is 16.1. The van der Waals surface area contributed by atoms with Gasteiger partial charge in [0.25, 0.3) is 0 Å². The minimum atomic E-state index is 0.130.